The van der Waals surface area contributed by atoms with Gasteiger partial charge >= 0.3 is 0 Å². The van der Waals surface area contributed by atoms with Crippen molar-refractivity contribution in [2.45, 2.75) is 0 Å². The first-order valence-corrected chi connectivity index (χ1v) is 3.37. The average molecular weight is 159 g/mol. The molecule has 2 aromatic heterocycles. The summed E-state index contributed by atoms with van der Waals surface area (Å²) in [5, 5.41) is 7.56. The number of rotatable bonds is 1. The minimum Gasteiger partial charge on any atom is -0.225 e. The molecule has 0 aromatic carbocycles. The van der Waals surface area contributed by atoms with Crippen molar-refractivity contribution < 1.29 is 0 Å². The second kappa shape index (κ2) is 3.00. The van der Waals surface area contributed by atoms with Crippen molar-refractivity contribution in [3.63, 3.8) is 0 Å². The first kappa shape index (κ1) is 6.78. The van der Waals surface area contributed by atoms with Gasteiger partial charge in [0.2, 0.25) is 0 Å². The lowest BCUT2D eigenvalue weighted by molar-refractivity contribution is 0.987. The lowest BCUT2D eigenvalue weighted by Gasteiger charge is -1.93. The lowest BCUT2D eigenvalue weighted by atomic mass is 10.4. The average Bonchev–Trinajstić information content (AvgIpc) is 2.21. The number of hydrogen-bond donors (Lipinski definition) is 0. The Labute approximate surface area is 68.6 Å². The molecule has 5 nitrogen and oxygen atoms in total. The van der Waals surface area contributed by atoms with Gasteiger partial charge in [0.15, 0.2) is 5.82 Å². The Morgan fingerprint density at radius 1 is 1.08 bits per heavy atom. The normalized spacial score (nSPS) is 9.67. The summed E-state index contributed by atoms with van der Waals surface area (Å²) in [4.78, 5) is 11.5. The first-order valence-electron chi connectivity index (χ1n) is 3.37. The highest BCUT2D eigenvalue weighted by molar-refractivity contribution is 5.45. The fourth-order valence-corrected chi connectivity index (χ4v) is 0.792. The molecule has 0 amide bonds. The number of aromatic nitrogens is 5. The molecular weight excluding hydrogens is 154 g/mol. The van der Waals surface area contributed by atoms with Crippen LogP contribution in [0.25, 0.3) is 11.5 Å². The summed E-state index contributed by atoms with van der Waals surface area (Å²) in [6, 6.07) is 3.58. The van der Waals surface area contributed by atoms with E-state index in [9.17, 15) is 0 Å². The van der Waals surface area contributed by atoms with Crippen molar-refractivity contribution >= 4 is 0 Å². The van der Waals surface area contributed by atoms with Gasteiger partial charge in [0, 0.05) is 6.20 Å². The van der Waals surface area contributed by atoms with Crippen LogP contribution in [0, 0.1) is 0 Å². The van der Waals surface area contributed by atoms with E-state index < -0.39 is 0 Å². The third-order valence-corrected chi connectivity index (χ3v) is 1.29. The summed E-state index contributed by atoms with van der Waals surface area (Å²) in [6.45, 7) is 0. The molecule has 2 aromatic rings. The highest BCUT2D eigenvalue weighted by Crippen LogP contribution is 2.05. The van der Waals surface area contributed by atoms with Gasteiger partial charge in [-0.15, -0.1) is 5.10 Å². The standard InChI is InChI=1S/C7H5N5/c1-2-6(12-11-3-1)7-9-4-8-5-10-7/h1-5H. The maximum Gasteiger partial charge on any atom is 0.183 e. The molecular formula is C7H5N5. The molecule has 12 heavy (non-hydrogen) atoms. The highest BCUT2D eigenvalue weighted by atomic mass is 15.1. The van der Waals surface area contributed by atoms with Crippen molar-refractivity contribution in [2.24, 2.45) is 0 Å². The van der Waals surface area contributed by atoms with Gasteiger partial charge in [-0.2, -0.15) is 5.10 Å². The van der Waals surface area contributed by atoms with Gasteiger partial charge in [0.05, 0.1) is 0 Å². The van der Waals surface area contributed by atoms with E-state index in [1.807, 2.05) is 0 Å². The van der Waals surface area contributed by atoms with Crippen molar-refractivity contribution in [3.05, 3.63) is 31.0 Å². The molecule has 0 N–H and O–H groups in total. The molecule has 0 aliphatic rings. The quantitative estimate of drug-likeness (QED) is 0.599. The van der Waals surface area contributed by atoms with Crippen LogP contribution in [0.4, 0.5) is 0 Å². The van der Waals surface area contributed by atoms with Crippen LogP contribution in [0.15, 0.2) is 31.0 Å². The smallest absolute Gasteiger partial charge is 0.183 e. The zero-order valence-electron chi connectivity index (χ0n) is 6.12. The predicted octanol–water partition coefficient (Wildman–Crippen LogP) is 0.329. The van der Waals surface area contributed by atoms with Crippen LogP contribution in [0.1, 0.15) is 0 Å². The second-order valence-electron chi connectivity index (χ2n) is 2.07. The monoisotopic (exact) mass is 159 g/mol. The third kappa shape index (κ3) is 1.24. The largest absolute Gasteiger partial charge is 0.225 e. The van der Waals surface area contributed by atoms with E-state index in [1.54, 1.807) is 18.3 Å². The minimum atomic E-state index is 0.540. The van der Waals surface area contributed by atoms with Crippen LogP contribution in [0.5, 0.6) is 0 Å². The molecule has 0 aliphatic carbocycles. The zero-order valence-corrected chi connectivity index (χ0v) is 6.12. The Morgan fingerprint density at radius 3 is 2.58 bits per heavy atom. The van der Waals surface area contributed by atoms with Crippen LogP contribution in [-0.4, -0.2) is 25.1 Å². The number of hydrogen-bond acceptors (Lipinski definition) is 5. The van der Waals surface area contributed by atoms with Crippen molar-refractivity contribution in [2.75, 3.05) is 0 Å². The Bertz CT molecular complexity index is 309. The summed E-state index contributed by atoms with van der Waals surface area (Å²) in [5.74, 6) is 0.540. The summed E-state index contributed by atoms with van der Waals surface area (Å²) in [7, 11) is 0. The second-order valence-corrected chi connectivity index (χ2v) is 2.07. The molecule has 0 saturated heterocycles. The fraction of sp³-hybridized carbons (Fsp3) is 0. The van der Waals surface area contributed by atoms with Crippen LogP contribution in [0.3, 0.4) is 0 Å². The van der Waals surface area contributed by atoms with Crippen molar-refractivity contribution in [3.8, 4) is 11.5 Å². The Hall–Kier alpha value is -1.91. The molecule has 0 spiro atoms. The molecule has 0 atom stereocenters. The fourth-order valence-electron chi connectivity index (χ4n) is 0.792. The maximum atomic E-state index is 3.92. The van der Waals surface area contributed by atoms with Crippen LogP contribution in [0.2, 0.25) is 0 Å². The Kier molecular flexibility index (Phi) is 1.69. The van der Waals surface area contributed by atoms with E-state index in [0.29, 0.717) is 11.5 Å². The molecule has 0 saturated carbocycles. The molecule has 58 valence electrons. The SMILES string of the molecule is c1cnnc(-c2ncncn2)c1. The molecule has 5 heteroatoms. The van der Waals surface area contributed by atoms with Gasteiger partial charge in [-0.3, -0.25) is 0 Å². The molecule has 0 radical (unpaired) electrons. The minimum absolute atomic E-state index is 0.540. The van der Waals surface area contributed by atoms with E-state index in [2.05, 4.69) is 25.1 Å². The molecule has 2 rings (SSSR count). The van der Waals surface area contributed by atoms with E-state index in [4.69, 9.17) is 0 Å². The van der Waals surface area contributed by atoms with E-state index in [0.717, 1.165) is 0 Å². The topological polar surface area (TPSA) is 64.5 Å². The van der Waals surface area contributed by atoms with Crippen LogP contribution >= 0.6 is 0 Å². The van der Waals surface area contributed by atoms with Gasteiger partial charge in [-0.05, 0) is 12.1 Å². The van der Waals surface area contributed by atoms with Gasteiger partial charge in [-0.25, -0.2) is 15.0 Å². The van der Waals surface area contributed by atoms with Crippen LogP contribution < -0.4 is 0 Å². The summed E-state index contributed by atoms with van der Waals surface area (Å²) >= 11 is 0. The Morgan fingerprint density at radius 2 is 1.92 bits per heavy atom. The summed E-state index contributed by atoms with van der Waals surface area (Å²) in [5.41, 5.74) is 0.653. The summed E-state index contributed by atoms with van der Waals surface area (Å²) < 4.78 is 0. The molecule has 0 bridgehead atoms. The lowest BCUT2D eigenvalue weighted by Crippen LogP contribution is -1.92. The predicted molar refractivity (Wildman–Crippen MR) is 40.9 cm³/mol. The van der Waals surface area contributed by atoms with E-state index >= 15 is 0 Å². The van der Waals surface area contributed by atoms with Gasteiger partial charge in [0.1, 0.15) is 18.3 Å². The van der Waals surface area contributed by atoms with Gasteiger partial charge in [-0.1, -0.05) is 0 Å². The molecule has 2 heterocycles. The van der Waals surface area contributed by atoms with Crippen molar-refractivity contribution in [1.29, 1.82) is 0 Å². The number of nitrogens with zero attached hydrogens (tertiary/aromatic N) is 5. The third-order valence-electron chi connectivity index (χ3n) is 1.29. The van der Waals surface area contributed by atoms with Crippen LogP contribution in [-0.2, 0) is 0 Å². The highest BCUT2D eigenvalue weighted by Gasteiger charge is 1.98. The van der Waals surface area contributed by atoms with Gasteiger partial charge < -0.3 is 0 Å². The summed E-state index contributed by atoms with van der Waals surface area (Å²) in [6.07, 6.45) is 4.46. The molecule has 0 unspecified atom stereocenters. The van der Waals surface area contributed by atoms with Gasteiger partial charge in [0.25, 0.3) is 0 Å². The van der Waals surface area contributed by atoms with E-state index in [-0.39, 0.29) is 0 Å². The van der Waals surface area contributed by atoms with E-state index in [1.165, 1.54) is 12.7 Å². The maximum absolute atomic E-state index is 3.92. The Balaban J connectivity index is 2.46. The molecule has 0 aliphatic heterocycles. The molecule has 0 fully saturated rings. The van der Waals surface area contributed by atoms with Crippen molar-refractivity contribution in [1.82, 2.24) is 25.1 Å². The first-order chi connectivity index (χ1) is 5.97. The zero-order chi connectivity index (χ0) is 8.23.